The fourth-order valence-corrected chi connectivity index (χ4v) is 4.19. The maximum atomic E-state index is 12.9. The monoisotopic (exact) mass is 465 g/mol. The van der Waals surface area contributed by atoms with E-state index < -0.39 is 0 Å². The van der Waals surface area contributed by atoms with E-state index in [1.807, 2.05) is 36.2 Å². The normalized spacial score (nSPS) is 11.2. The lowest BCUT2D eigenvalue weighted by atomic mass is 10.0. The van der Waals surface area contributed by atoms with Crippen molar-refractivity contribution in [1.29, 1.82) is 0 Å². The van der Waals surface area contributed by atoms with Crippen LogP contribution < -0.4 is 10.9 Å². The Morgan fingerprint density at radius 2 is 1.94 bits per heavy atom. The van der Waals surface area contributed by atoms with Crippen molar-refractivity contribution in [2.45, 2.75) is 47.2 Å². The van der Waals surface area contributed by atoms with Crippen molar-refractivity contribution in [1.82, 2.24) is 25.1 Å². The highest BCUT2D eigenvalue weighted by atomic mass is 32.1. The van der Waals surface area contributed by atoms with Gasteiger partial charge in [0.25, 0.3) is 5.56 Å². The van der Waals surface area contributed by atoms with Gasteiger partial charge in [-0.1, -0.05) is 32.0 Å². The summed E-state index contributed by atoms with van der Waals surface area (Å²) in [5, 5.41) is 5.08. The largest absolute Gasteiger partial charge is 0.363 e. The average molecular weight is 466 g/mol. The Labute approximate surface area is 202 Å². The predicted octanol–water partition coefficient (Wildman–Crippen LogP) is 4.15. The first-order chi connectivity index (χ1) is 15.9. The van der Waals surface area contributed by atoms with Crippen LogP contribution in [0.1, 0.15) is 42.5 Å². The van der Waals surface area contributed by atoms with Crippen LogP contribution in [0.25, 0.3) is 10.9 Å². The Bertz CT molecular complexity index is 1120. The highest BCUT2D eigenvalue weighted by Gasteiger charge is 2.15. The number of pyridine rings is 2. The molecule has 1 aromatic carbocycles. The van der Waals surface area contributed by atoms with Crippen LogP contribution in [0.2, 0.25) is 0 Å². The fourth-order valence-electron chi connectivity index (χ4n) is 3.95. The number of aromatic nitrogens is 2. The van der Waals surface area contributed by atoms with Gasteiger partial charge in [0.15, 0.2) is 5.11 Å². The Hall–Kier alpha value is -2.77. The number of aryl methyl sites for hydroxylation is 2. The van der Waals surface area contributed by atoms with Crippen LogP contribution in [0.15, 0.2) is 47.5 Å². The van der Waals surface area contributed by atoms with E-state index in [-0.39, 0.29) is 5.56 Å². The molecule has 7 heteroatoms. The molecule has 0 amide bonds. The maximum Gasteiger partial charge on any atom is 0.253 e. The Kier molecular flexibility index (Phi) is 8.97. The van der Waals surface area contributed by atoms with Gasteiger partial charge >= 0.3 is 0 Å². The zero-order valence-corrected chi connectivity index (χ0v) is 21.0. The smallest absolute Gasteiger partial charge is 0.253 e. The molecular formula is C26H35N5OS. The summed E-state index contributed by atoms with van der Waals surface area (Å²) in [7, 11) is 0. The summed E-state index contributed by atoms with van der Waals surface area (Å²) in [6.07, 6.45) is 4.61. The molecule has 0 spiro atoms. The van der Waals surface area contributed by atoms with Gasteiger partial charge in [-0.2, -0.15) is 0 Å². The second-order valence-corrected chi connectivity index (χ2v) is 8.81. The number of hydrogen-bond acceptors (Lipinski definition) is 4. The van der Waals surface area contributed by atoms with E-state index in [1.165, 1.54) is 5.56 Å². The van der Waals surface area contributed by atoms with Gasteiger partial charge in [0, 0.05) is 31.0 Å². The number of fused-ring (bicyclic) bond motifs is 1. The zero-order valence-electron chi connectivity index (χ0n) is 20.1. The highest BCUT2D eigenvalue weighted by molar-refractivity contribution is 7.80. The number of rotatable bonds is 10. The lowest BCUT2D eigenvalue weighted by molar-refractivity contribution is 0.299. The molecule has 0 saturated heterocycles. The zero-order chi connectivity index (χ0) is 23.8. The summed E-state index contributed by atoms with van der Waals surface area (Å²) in [5.74, 6) is 0. The molecule has 2 heterocycles. The molecule has 3 aromatic rings. The van der Waals surface area contributed by atoms with Gasteiger partial charge in [0.1, 0.15) is 0 Å². The number of benzene rings is 1. The number of thiocarbonyl (C=S) groups is 1. The minimum atomic E-state index is -0.0725. The first kappa shape index (κ1) is 24.9. The lowest BCUT2D eigenvalue weighted by Gasteiger charge is -2.26. The third kappa shape index (κ3) is 6.62. The Morgan fingerprint density at radius 1 is 1.15 bits per heavy atom. The second-order valence-electron chi connectivity index (χ2n) is 8.43. The molecule has 0 aliphatic rings. The van der Waals surface area contributed by atoms with Crippen LogP contribution in [0, 0.1) is 13.8 Å². The molecule has 33 heavy (non-hydrogen) atoms. The molecule has 0 fully saturated rings. The van der Waals surface area contributed by atoms with Crippen molar-refractivity contribution in [3.63, 3.8) is 0 Å². The number of aromatic amines is 1. The quantitative estimate of drug-likeness (QED) is 0.346. The van der Waals surface area contributed by atoms with E-state index in [4.69, 9.17) is 12.2 Å². The minimum absolute atomic E-state index is 0.0725. The van der Waals surface area contributed by atoms with Gasteiger partial charge < -0.3 is 20.1 Å². The van der Waals surface area contributed by atoms with Crippen LogP contribution in [0.4, 0.5) is 0 Å². The van der Waals surface area contributed by atoms with Gasteiger partial charge in [0.05, 0.1) is 12.1 Å². The molecule has 0 atom stereocenters. The third-order valence-corrected chi connectivity index (χ3v) is 6.60. The molecule has 3 rings (SSSR count). The SMILES string of the molecule is CCN(CC)CCCNC(=S)N(Cc1cccnc1)Cc1cc2ccc(C)c(C)c2[nH]c1=O. The Balaban J connectivity index is 1.78. The molecule has 0 saturated carbocycles. The summed E-state index contributed by atoms with van der Waals surface area (Å²) in [6.45, 7) is 13.4. The van der Waals surface area contributed by atoms with E-state index in [1.54, 1.807) is 6.20 Å². The van der Waals surface area contributed by atoms with E-state index in [0.29, 0.717) is 23.8 Å². The predicted molar refractivity (Wildman–Crippen MR) is 141 cm³/mol. The van der Waals surface area contributed by atoms with Gasteiger partial charge in [0.2, 0.25) is 0 Å². The van der Waals surface area contributed by atoms with Crippen LogP contribution in [0.5, 0.6) is 0 Å². The summed E-state index contributed by atoms with van der Waals surface area (Å²) in [4.78, 5) is 24.7. The van der Waals surface area contributed by atoms with E-state index in [9.17, 15) is 4.79 Å². The summed E-state index contributed by atoms with van der Waals surface area (Å²) >= 11 is 5.76. The molecule has 176 valence electrons. The summed E-state index contributed by atoms with van der Waals surface area (Å²) in [5.41, 5.74) is 4.85. The van der Waals surface area contributed by atoms with Crippen molar-refractivity contribution < 1.29 is 0 Å². The maximum absolute atomic E-state index is 12.9. The van der Waals surface area contributed by atoms with Crippen LogP contribution in [0.3, 0.4) is 0 Å². The highest BCUT2D eigenvalue weighted by Crippen LogP contribution is 2.19. The molecule has 0 radical (unpaired) electrons. The molecule has 6 nitrogen and oxygen atoms in total. The second kappa shape index (κ2) is 11.9. The average Bonchev–Trinajstić information content (AvgIpc) is 2.82. The van der Waals surface area contributed by atoms with Crippen molar-refractivity contribution >= 4 is 28.2 Å². The van der Waals surface area contributed by atoms with Crippen molar-refractivity contribution in [2.24, 2.45) is 0 Å². The minimum Gasteiger partial charge on any atom is -0.363 e. The van der Waals surface area contributed by atoms with E-state index in [0.717, 1.165) is 54.6 Å². The standard InChI is InChI=1S/C26H35N5OS/c1-5-30(6-2)14-8-13-28-26(33)31(17-21-9-7-12-27-16-21)18-23-15-22-11-10-19(3)20(4)24(22)29-25(23)32/h7,9-12,15-16H,5-6,8,13-14,17-18H2,1-4H3,(H,28,33)(H,29,32). The molecule has 0 unspecified atom stereocenters. The number of nitrogens with one attached hydrogen (secondary N) is 2. The third-order valence-electron chi connectivity index (χ3n) is 6.19. The van der Waals surface area contributed by atoms with Crippen LogP contribution in [-0.2, 0) is 13.1 Å². The summed E-state index contributed by atoms with van der Waals surface area (Å²) in [6, 6.07) is 10.1. The topological polar surface area (TPSA) is 64.3 Å². The van der Waals surface area contributed by atoms with Crippen molar-refractivity contribution in [2.75, 3.05) is 26.2 Å². The number of H-pyrrole nitrogens is 1. The summed E-state index contributed by atoms with van der Waals surface area (Å²) < 4.78 is 0. The van der Waals surface area contributed by atoms with E-state index in [2.05, 4.69) is 53.1 Å². The molecule has 0 aliphatic heterocycles. The van der Waals surface area contributed by atoms with E-state index >= 15 is 0 Å². The van der Waals surface area contributed by atoms with Gasteiger partial charge in [-0.05, 0) is 86.3 Å². The molecule has 0 bridgehead atoms. The Morgan fingerprint density at radius 3 is 2.64 bits per heavy atom. The molecule has 2 aromatic heterocycles. The molecule has 0 aliphatic carbocycles. The fraction of sp³-hybridized carbons (Fsp3) is 0.423. The van der Waals surface area contributed by atoms with Gasteiger partial charge in [-0.25, -0.2) is 0 Å². The first-order valence-electron chi connectivity index (χ1n) is 11.7. The van der Waals surface area contributed by atoms with Crippen LogP contribution >= 0.6 is 12.2 Å². The number of hydrogen-bond donors (Lipinski definition) is 2. The van der Waals surface area contributed by atoms with Gasteiger partial charge in [-0.3, -0.25) is 9.78 Å². The van der Waals surface area contributed by atoms with Crippen LogP contribution in [-0.4, -0.2) is 51.1 Å². The molecule has 2 N–H and O–H groups in total. The van der Waals surface area contributed by atoms with Crippen molar-refractivity contribution in [3.05, 3.63) is 75.3 Å². The molecular weight excluding hydrogens is 430 g/mol. The van der Waals surface area contributed by atoms with Crippen molar-refractivity contribution in [3.8, 4) is 0 Å². The first-order valence-corrected chi connectivity index (χ1v) is 12.1. The van der Waals surface area contributed by atoms with Gasteiger partial charge in [-0.15, -0.1) is 0 Å². The number of nitrogens with zero attached hydrogens (tertiary/aromatic N) is 3. The lowest BCUT2D eigenvalue weighted by Crippen LogP contribution is -2.41.